The van der Waals surface area contributed by atoms with Crippen LogP contribution in [0, 0.1) is 0 Å². The second kappa shape index (κ2) is 8.60. The lowest BCUT2D eigenvalue weighted by Crippen LogP contribution is -2.41. The number of carbonyl (C=O) groups is 1. The van der Waals surface area contributed by atoms with Crippen molar-refractivity contribution < 1.29 is 18.0 Å². The van der Waals surface area contributed by atoms with E-state index in [0.29, 0.717) is 18.0 Å². The standard InChI is InChI=1S/C17H22F3N3OS/c1-3-4-9-22(12-17(18,19)20)16(24)10-23-14-8-6-5-7-13(14)21-15(23)11-25-2/h5-8H,3-4,9-12H2,1-2H3. The molecule has 0 aliphatic rings. The number of carbonyl (C=O) groups excluding carboxylic acids is 1. The Balaban J connectivity index is 2.27. The Morgan fingerprint density at radius 2 is 2.04 bits per heavy atom. The summed E-state index contributed by atoms with van der Waals surface area (Å²) in [5.74, 6) is 0.761. The Morgan fingerprint density at radius 3 is 2.68 bits per heavy atom. The van der Waals surface area contributed by atoms with Gasteiger partial charge in [0.2, 0.25) is 5.91 Å². The van der Waals surface area contributed by atoms with Gasteiger partial charge in [-0.2, -0.15) is 24.9 Å². The minimum absolute atomic E-state index is 0.110. The fraction of sp³-hybridized carbons (Fsp3) is 0.529. The van der Waals surface area contributed by atoms with Crippen molar-refractivity contribution in [2.75, 3.05) is 19.3 Å². The molecule has 25 heavy (non-hydrogen) atoms. The van der Waals surface area contributed by atoms with Crippen molar-refractivity contribution in [1.29, 1.82) is 0 Å². The minimum atomic E-state index is -4.40. The Hall–Kier alpha value is -1.70. The van der Waals surface area contributed by atoms with Gasteiger partial charge in [0.15, 0.2) is 0 Å². The number of benzene rings is 1. The maximum absolute atomic E-state index is 12.8. The molecule has 0 saturated heterocycles. The molecule has 1 aromatic carbocycles. The number of hydrogen-bond donors (Lipinski definition) is 0. The van der Waals surface area contributed by atoms with E-state index < -0.39 is 18.6 Å². The van der Waals surface area contributed by atoms with Crippen LogP contribution in [0.2, 0.25) is 0 Å². The zero-order valence-electron chi connectivity index (χ0n) is 14.3. The lowest BCUT2D eigenvalue weighted by atomic mass is 10.3. The quantitative estimate of drug-likeness (QED) is 0.700. The third-order valence-electron chi connectivity index (χ3n) is 3.80. The Labute approximate surface area is 149 Å². The van der Waals surface area contributed by atoms with Gasteiger partial charge in [-0.3, -0.25) is 4.79 Å². The van der Waals surface area contributed by atoms with E-state index in [9.17, 15) is 18.0 Å². The van der Waals surface area contributed by atoms with Crippen LogP contribution < -0.4 is 0 Å². The molecule has 0 aliphatic heterocycles. The van der Waals surface area contributed by atoms with E-state index >= 15 is 0 Å². The van der Waals surface area contributed by atoms with E-state index in [-0.39, 0.29) is 13.1 Å². The number of imidazole rings is 1. The van der Waals surface area contributed by atoms with Crippen molar-refractivity contribution in [2.24, 2.45) is 0 Å². The first-order valence-corrected chi connectivity index (χ1v) is 9.52. The molecule has 0 bridgehead atoms. The van der Waals surface area contributed by atoms with Crippen LogP contribution in [-0.4, -0.2) is 45.9 Å². The van der Waals surface area contributed by atoms with Gasteiger partial charge < -0.3 is 9.47 Å². The van der Waals surface area contributed by atoms with E-state index in [2.05, 4.69) is 4.98 Å². The lowest BCUT2D eigenvalue weighted by molar-refractivity contribution is -0.161. The van der Waals surface area contributed by atoms with E-state index in [1.165, 1.54) is 0 Å². The number of rotatable bonds is 8. The van der Waals surface area contributed by atoms with E-state index in [0.717, 1.165) is 22.4 Å². The van der Waals surface area contributed by atoms with Gasteiger partial charge in [0, 0.05) is 6.54 Å². The Kier molecular flexibility index (Phi) is 6.75. The SMILES string of the molecule is CCCCN(CC(F)(F)F)C(=O)Cn1c(CSC)nc2ccccc21. The minimum Gasteiger partial charge on any atom is -0.332 e. The highest BCUT2D eigenvalue weighted by Crippen LogP contribution is 2.21. The highest BCUT2D eigenvalue weighted by atomic mass is 32.2. The summed E-state index contributed by atoms with van der Waals surface area (Å²) >= 11 is 1.56. The predicted molar refractivity (Wildman–Crippen MR) is 94.5 cm³/mol. The summed E-state index contributed by atoms with van der Waals surface area (Å²) < 4.78 is 40.2. The van der Waals surface area contributed by atoms with Crippen LogP contribution in [0.15, 0.2) is 24.3 Å². The summed E-state index contributed by atoms with van der Waals surface area (Å²) in [6, 6.07) is 7.35. The number of halogens is 3. The summed E-state index contributed by atoms with van der Waals surface area (Å²) in [6.45, 7) is 0.655. The molecule has 1 aromatic heterocycles. The molecule has 0 atom stereocenters. The Morgan fingerprint density at radius 1 is 1.32 bits per heavy atom. The fourth-order valence-corrected chi connectivity index (χ4v) is 3.11. The first-order chi connectivity index (χ1) is 11.9. The van der Waals surface area contributed by atoms with Crippen LogP contribution in [0.3, 0.4) is 0 Å². The molecule has 1 amide bonds. The number of fused-ring (bicyclic) bond motifs is 1. The van der Waals surface area contributed by atoms with Crippen molar-refractivity contribution in [3.63, 3.8) is 0 Å². The van der Waals surface area contributed by atoms with Crippen molar-refractivity contribution in [1.82, 2.24) is 14.5 Å². The van der Waals surface area contributed by atoms with Gasteiger partial charge in [-0.05, 0) is 24.8 Å². The van der Waals surface area contributed by atoms with Crippen LogP contribution in [-0.2, 0) is 17.1 Å². The molecule has 0 spiro atoms. The number of nitrogens with zero attached hydrogens (tertiary/aromatic N) is 3. The number of aromatic nitrogens is 2. The molecule has 1 heterocycles. The van der Waals surface area contributed by atoms with Gasteiger partial charge in [-0.25, -0.2) is 4.98 Å². The molecule has 4 nitrogen and oxygen atoms in total. The van der Waals surface area contributed by atoms with Crippen LogP contribution >= 0.6 is 11.8 Å². The van der Waals surface area contributed by atoms with Gasteiger partial charge >= 0.3 is 6.18 Å². The summed E-state index contributed by atoms with van der Waals surface area (Å²) in [5, 5.41) is 0. The van der Waals surface area contributed by atoms with Crippen molar-refractivity contribution in [3.8, 4) is 0 Å². The van der Waals surface area contributed by atoms with Gasteiger partial charge in [0.1, 0.15) is 18.9 Å². The van der Waals surface area contributed by atoms with Gasteiger partial charge in [-0.15, -0.1) is 0 Å². The molecule has 0 N–H and O–H groups in total. The van der Waals surface area contributed by atoms with E-state index in [1.54, 1.807) is 16.3 Å². The predicted octanol–water partition coefficient (Wildman–Crippen LogP) is 4.09. The molecule has 8 heteroatoms. The van der Waals surface area contributed by atoms with Crippen molar-refractivity contribution in [2.45, 2.75) is 38.2 Å². The first kappa shape index (κ1) is 19.6. The summed E-state index contributed by atoms with van der Waals surface area (Å²) in [6.07, 6.45) is -1.21. The normalized spacial score (nSPS) is 11.9. The van der Waals surface area contributed by atoms with Gasteiger partial charge in [-0.1, -0.05) is 25.5 Å². The van der Waals surface area contributed by atoms with E-state index in [1.807, 2.05) is 37.4 Å². The molecule has 0 fully saturated rings. The molecule has 0 aliphatic carbocycles. The van der Waals surface area contributed by atoms with E-state index in [4.69, 9.17) is 0 Å². The summed E-state index contributed by atoms with van der Waals surface area (Å²) in [5.41, 5.74) is 1.51. The maximum Gasteiger partial charge on any atom is 0.406 e. The molecule has 0 unspecified atom stereocenters. The number of thioether (sulfide) groups is 1. The maximum atomic E-state index is 12.8. The monoisotopic (exact) mass is 373 g/mol. The zero-order chi connectivity index (χ0) is 18.4. The highest BCUT2D eigenvalue weighted by molar-refractivity contribution is 7.97. The molecule has 0 saturated carbocycles. The third kappa shape index (κ3) is 5.39. The molecule has 138 valence electrons. The molecule has 2 rings (SSSR count). The molecule has 0 radical (unpaired) electrons. The first-order valence-electron chi connectivity index (χ1n) is 8.13. The van der Waals surface area contributed by atoms with Crippen LogP contribution in [0.4, 0.5) is 13.2 Å². The lowest BCUT2D eigenvalue weighted by Gasteiger charge is -2.24. The number of alkyl halides is 3. The molecule has 2 aromatic rings. The highest BCUT2D eigenvalue weighted by Gasteiger charge is 2.33. The number of unbranched alkanes of at least 4 members (excludes halogenated alkanes) is 1. The van der Waals surface area contributed by atoms with Crippen molar-refractivity contribution in [3.05, 3.63) is 30.1 Å². The summed E-state index contributed by atoms with van der Waals surface area (Å²) in [4.78, 5) is 18.0. The smallest absolute Gasteiger partial charge is 0.332 e. The molecular weight excluding hydrogens is 351 g/mol. The average molecular weight is 373 g/mol. The van der Waals surface area contributed by atoms with Gasteiger partial charge in [0.05, 0.1) is 16.8 Å². The van der Waals surface area contributed by atoms with Crippen LogP contribution in [0.25, 0.3) is 11.0 Å². The van der Waals surface area contributed by atoms with Crippen molar-refractivity contribution >= 4 is 28.7 Å². The number of hydrogen-bond acceptors (Lipinski definition) is 3. The summed E-state index contributed by atoms with van der Waals surface area (Å²) in [7, 11) is 0. The second-order valence-electron chi connectivity index (χ2n) is 5.82. The average Bonchev–Trinajstić information content (AvgIpc) is 2.88. The van der Waals surface area contributed by atoms with Gasteiger partial charge in [0.25, 0.3) is 0 Å². The van der Waals surface area contributed by atoms with Crippen LogP contribution in [0.5, 0.6) is 0 Å². The Bertz CT molecular complexity index is 715. The third-order valence-corrected chi connectivity index (χ3v) is 4.35. The van der Waals surface area contributed by atoms with Crippen LogP contribution in [0.1, 0.15) is 25.6 Å². The largest absolute Gasteiger partial charge is 0.406 e. The molecular formula is C17H22F3N3OS. The number of amides is 1. The second-order valence-corrected chi connectivity index (χ2v) is 6.69. The number of para-hydroxylation sites is 2. The topological polar surface area (TPSA) is 38.1 Å². The fourth-order valence-electron chi connectivity index (χ4n) is 2.63. The zero-order valence-corrected chi connectivity index (χ0v) is 15.2.